The first-order chi connectivity index (χ1) is 17.6. The normalized spacial score (nSPS) is 23.8. The SMILES string of the molecule is CC(=O)N[C@@H]1[C@@H](OCc2ccccc2)[C@H](OCc2ccccc2)[C@@H](COCc2ccccc2)O[C@H]1F. The lowest BCUT2D eigenvalue weighted by molar-refractivity contribution is -0.258. The van der Waals surface area contributed by atoms with Gasteiger partial charge in [-0.3, -0.25) is 4.79 Å². The topological polar surface area (TPSA) is 66.0 Å². The Hall–Kier alpha value is -3.10. The number of amides is 1. The third kappa shape index (κ3) is 7.45. The summed E-state index contributed by atoms with van der Waals surface area (Å²) in [6.07, 6.45) is -4.00. The van der Waals surface area contributed by atoms with E-state index in [9.17, 15) is 4.79 Å². The second kappa shape index (κ2) is 13.3. The van der Waals surface area contributed by atoms with E-state index in [1.54, 1.807) is 0 Å². The molecule has 0 unspecified atom stereocenters. The molecule has 1 fully saturated rings. The summed E-state index contributed by atoms with van der Waals surface area (Å²) in [5.41, 5.74) is 2.89. The van der Waals surface area contributed by atoms with Gasteiger partial charge in [-0.1, -0.05) is 91.0 Å². The van der Waals surface area contributed by atoms with Crippen LogP contribution in [0.5, 0.6) is 0 Å². The first-order valence-electron chi connectivity index (χ1n) is 12.1. The Morgan fingerprint density at radius 1 is 0.778 bits per heavy atom. The van der Waals surface area contributed by atoms with Crippen LogP contribution < -0.4 is 5.32 Å². The Kier molecular flexibility index (Phi) is 9.58. The Labute approximate surface area is 211 Å². The maximum atomic E-state index is 15.3. The molecule has 0 bridgehead atoms. The quantitative estimate of drug-likeness (QED) is 0.424. The monoisotopic (exact) mass is 493 g/mol. The summed E-state index contributed by atoms with van der Waals surface area (Å²) in [5, 5.41) is 2.66. The molecule has 1 saturated heterocycles. The standard InChI is InChI=1S/C29H32FNO5/c1-21(32)31-26-28(35-19-24-15-9-4-10-16-24)27(34-18-23-13-7-3-8-14-23)25(36-29(26)30)20-33-17-22-11-5-2-6-12-22/h2-16,25-29H,17-20H2,1H3,(H,31,32)/t25-,26-,27-,28-,29-/m1/s1. The van der Waals surface area contributed by atoms with Crippen LogP contribution in [0.2, 0.25) is 0 Å². The average Bonchev–Trinajstić information content (AvgIpc) is 2.90. The van der Waals surface area contributed by atoms with Gasteiger partial charge in [-0.2, -0.15) is 0 Å². The summed E-state index contributed by atoms with van der Waals surface area (Å²) in [5.74, 6) is -0.375. The van der Waals surface area contributed by atoms with E-state index in [1.807, 2.05) is 91.0 Å². The first kappa shape index (κ1) is 26.0. The summed E-state index contributed by atoms with van der Waals surface area (Å²) in [4.78, 5) is 11.9. The van der Waals surface area contributed by atoms with Crippen molar-refractivity contribution in [2.45, 2.75) is 57.5 Å². The lowest BCUT2D eigenvalue weighted by Crippen LogP contribution is -2.64. The Balaban J connectivity index is 1.53. The molecular formula is C29H32FNO5. The molecule has 190 valence electrons. The van der Waals surface area contributed by atoms with Crippen molar-refractivity contribution in [3.63, 3.8) is 0 Å². The molecule has 6 nitrogen and oxygen atoms in total. The van der Waals surface area contributed by atoms with Gasteiger partial charge in [0.1, 0.15) is 24.4 Å². The fourth-order valence-corrected chi connectivity index (χ4v) is 4.21. The van der Waals surface area contributed by atoms with Crippen LogP contribution in [0.15, 0.2) is 91.0 Å². The summed E-state index contributed by atoms with van der Waals surface area (Å²) >= 11 is 0. The first-order valence-corrected chi connectivity index (χ1v) is 12.1. The number of ether oxygens (including phenoxy) is 4. The fourth-order valence-electron chi connectivity index (χ4n) is 4.21. The summed E-state index contributed by atoms with van der Waals surface area (Å²) in [6, 6.07) is 28.0. The number of alkyl halides is 1. The molecule has 1 aliphatic rings. The molecule has 36 heavy (non-hydrogen) atoms. The minimum absolute atomic E-state index is 0.104. The molecule has 4 rings (SSSR count). The van der Waals surface area contributed by atoms with Crippen molar-refractivity contribution in [3.8, 4) is 0 Å². The average molecular weight is 494 g/mol. The zero-order valence-electron chi connectivity index (χ0n) is 20.3. The summed E-state index contributed by atoms with van der Waals surface area (Å²) in [6.45, 7) is 2.31. The van der Waals surface area contributed by atoms with Crippen LogP contribution in [0, 0.1) is 0 Å². The van der Waals surface area contributed by atoms with Gasteiger partial charge in [0.05, 0.1) is 26.4 Å². The van der Waals surface area contributed by atoms with E-state index in [0.29, 0.717) is 6.61 Å². The Morgan fingerprint density at radius 2 is 1.25 bits per heavy atom. The van der Waals surface area contributed by atoms with E-state index in [-0.39, 0.29) is 25.7 Å². The van der Waals surface area contributed by atoms with E-state index < -0.39 is 30.7 Å². The van der Waals surface area contributed by atoms with Crippen LogP contribution in [0.25, 0.3) is 0 Å². The smallest absolute Gasteiger partial charge is 0.222 e. The molecule has 0 radical (unpaired) electrons. The summed E-state index contributed by atoms with van der Waals surface area (Å²) in [7, 11) is 0. The molecule has 0 spiro atoms. The van der Waals surface area contributed by atoms with Gasteiger partial charge in [-0.25, -0.2) is 4.39 Å². The number of rotatable bonds is 11. The van der Waals surface area contributed by atoms with E-state index in [1.165, 1.54) is 6.92 Å². The third-order valence-electron chi connectivity index (χ3n) is 5.97. The number of nitrogens with one attached hydrogen (secondary N) is 1. The van der Waals surface area contributed by atoms with Gasteiger partial charge in [0.15, 0.2) is 0 Å². The lowest BCUT2D eigenvalue weighted by atomic mass is 9.96. The molecule has 1 heterocycles. The van der Waals surface area contributed by atoms with Gasteiger partial charge in [0, 0.05) is 6.92 Å². The van der Waals surface area contributed by atoms with E-state index in [0.717, 1.165) is 16.7 Å². The van der Waals surface area contributed by atoms with Crippen molar-refractivity contribution in [2.24, 2.45) is 0 Å². The van der Waals surface area contributed by atoms with Crippen molar-refractivity contribution in [1.29, 1.82) is 0 Å². The highest BCUT2D eigenvalue weighted by Crippen LogP contribution is 2.29. The van der Waals surface area contributed by atoms with Gasteiger partial charge in [-0.05, 0) is 16.7 Å². The predicted molar refractivity (Wildman–Crippen MR) is 134 cm³/mol. The number of hydrogen-bond donors (Lipinski definition) is 1. The number of halogens is 1. The minimum Gasteiger partial charge on any atom is -0.374 e. The highest BCUT2D eigenvalue weighted by Gasteiger charge is 2.48. The van der Waals surface area contributed by atoms with Crippen molar-refractivity contribution in [1.82, 2.24) is 5.32 Å². The molecule has 7 heteroatoms. The largest absolute Gasteiger partial charge is 0.374 e. The van der Waals surface area contributed by atoms with Crippen molar-refractivity contribution in [3.05, 3.63) is 108 Å². The van der Waals surface area contributed by atoms with E-state index >= 15 is 4.39 Å². The molecule has 0 aliphatic carbocycles. The molecule has 0 aromatic heterocycles. The minimum atomic E-state index is -1.78. The molecule has 0 saturated carbocycles. The molecule has 1 amide bonds. The van der Waals surface area contributed by atoms with Gasteiger partial charge in [0.2, 0.25) is 12.3 Å². The predicted octanol–water partition coefficient (Wildman–Crippen LogP) is 4.57. The Morgan fingerprint density at radius 3 is 1.75 bits per heavy atom. The number of hydrogen-bond acceptors (Lipinski definition) is 5. The third-order valence-corrected chi connectivity index (χ3v) is 5.97. The zero-order valence-corrected chi connectivity index (χ0v) is 20.3. The number of carbonyl (C=O) groups is 1. The van der Waals surface area contributed by atoms with Gasteiger partial charge in [0.25, 0.3) is 0 Å². The number of carbonyl (C=O) groups excluding carboxylic acids is 1. The van der Waals surface area contributed by atoms with Crippen LogP contribution in [0.3, 0.4) is 0 Å². The van der Waals surface area contributed by atoms with Gasteiger partial charge >= 0.3 is 0 Å². The highest BCUT2D eigenvalue weighted by molar-refractivity contribution is 5.73. The fraction of sp³-hybridized carbons (Fsp3) is 0.345. The van der Waals surface area contributed by atoms with E-state index in [2.05, 4.69) is 5.32 Å². The van der Waals surface area contributed by atoms with Crippen molar-refractivity contribution in [2.75, 3.05) is 6.61 Å². The van der Waals surface area contributed by atoms with Crippen LogP contribution in [-0.2, 0) is 43.6 Å². The zero-order chi connectivity index (χ0) is 25.2. The van der Waals surface area contributed by atoms with Crippen LogP contribution >= 0.6 is 0 Å². The maximum absolute atomic E-state index is 15.3. The van der Waals surface area contributed by atoms with Crippen LogP contribution in [0.1, 0.15) is 23.6 Å². The van der Waals surface area contributed by atoms with Crippen LogP contribution in [-0.4, -0.2) is 43.2 Å². The molecule has 5 atom stereocenters. The van der Waals surface area contributed by atoms with Crippen molar-refractivity contribution < 1.29 is 28.1 Å². The lowest BCUT2D eigenvalue weighted by Gasteiger charge is -2.44. The molecule has 3 aromatic rings. The molecular weight excluding hydrogens is 461 g/mol. The molecule has 3 aromatic carbocycles. The second-order valence-corrected chi connectivity index (χ2v) is 8.78. The highest BCUT2D eigenvalue weighted by atomic mass is 19.1. The van der Waals surface area contributed by atoms with Crippen molar-refractivity contribution >= 4 is 5.91 Å². The molecule has 1 aliphatic heterocycles. The second-order valence-electron chi connectivity index (χ2n) is 8.78. The van der Waals surface area contributed by atoms with Gasteiger partial charge < -0.3 is 24.3 Å². The van der Waals surface area contributed by atoms with Crippen LogP contribution in [0.4, 0.5) is 4.39 Å². The summed E-state index contributed by atoms with van der Waals surface area (Å²) < 4.78 is 39.4. The maximum Gasteiger partial charge on any atom is 0.222 e. The Bertz CT molecular complexity index is 1050. The number of benzene rings is 3. The van der Waals surface area contributed by atoms with E-state index in [4.69, 9.17) is 18.9 Å². The van der Waals surface area contributed by atoms with Gasteiger partial charge in [-0.15, -0.1) is 0 Å². The molecule has 1 N–H and O–H groups in total.